The molecule has 0 saturated carbocycles. The molecule has 1 atom stereocenters. The summed E-state index contributed by atoms with van der Waals surface area (Å²) in [6, 6.07) is 3.92. The summed E-state index contributed by atoms with van der Waals surface area (Å²) in [5.41, 5.74) is 0.346. The van der Waals surface area contributed by atoms with Gasteiger partial charge in [-0.1, -0.05) is 0 Å². The van der Waals surface area contributed by atoms with Gasteiger partial charge in [-0.05, 0) is 18.2 Å². The molecule has 1 aliphatic rings. The quantitative estimate of drug-likeness (QED) is 0.700. The third-order valence-electron chi connectivity index (χ3n) is 1.84. The van der Waals surface area contributed by atoms with Crippen LogP contribution in [0, 0.1) is 0 Å². The summed E-state index contributed by atoms with van der Waals surface area (Å²) in [5, 5.41) is 2.63. The molecule has 0 fully saturated rings. The Morgan fingerprint density at radius 3 is 2.80 bits per heavy atom. The summed E-state index contributed by atoms with van der Waals surface area (Å²) in [4.78, 5) is -0.0684. The molecule has 0 aromatic heterocycles. The topological polar surface area (TPSA) is 95.8 Å². The van der Waals surface area contributed by atoms with Gasteiger partial charge in [0.2, 0.25) is 0 Å². The van der Waals surface area contributed by atoms with Crippen LogP contribution in [0.2, 0.25) is 0 Å². The molecule has 2 rings (SSSR count). The highest BCUT2D eigenvalue weighted by Gasteiger charge is 2.21. The van der Waals surface area contributed by atoms with Crippen molar-refractivity contribution >= 4 is 33.1 Å². The summed E-state index contributed by atoms with van der Waals surface area (Å²) in [6.45, 7) is 0. The fourth-order valence-corrected chi connectivity index (χ4v) is 2.63. The lowest BCUT2D eigenvalue weighted by molar-refractivity contribution is 0.564. The van der Waals surface area contributed by atoms with Gasteiger partial charge >= 0.3 is 0 Å². The van der Waals surface area contributed by atoms with Crippen molar-refractivity contribution in [3.05, 3.63) is 18.2 Å². The standard InChI is InChI=1S/C7H6N2O4S2/c10-14(11)5-1-2-6-7(3-5)15(12,13)9-4-8-6/h1-4H,(H,8,9)(H,10,11). The first-order valence-corrected chi connectivity index (χ1v) is 6.36. The molecule has 2 N–H and O–H groups in total. The van der Waals surface area contributed by atoms with Crippen LogP contribution in [0.1, 0.15) is 0 Å². The van der Waals surface area contributed by atoms with E-state index in [9.17, 15) is 12.6 Å². The first-order chi connectivity index (χ1) is 7.00. The lowest BCUT2D eigenvalue weighted by Gasteiger charge is -2.12. The summed E-state index contributed by atoms with van der Waals surface area (Å²) in [6.07, 6.45) is 1.06. The van der Waals surface area contributed by atoms with E-state index in [1.807, 2.05) is 0 Å². The fourth-order valence-electron chi connectivity index (χ4n) is 1.17. The van der Waals surface area contributed by atoms with E-state index in [2.05, 4.69) is 9.71 Å². The second-order valence-electron chi connectivity index (χ2n) is 2.76. The average Bonchev–Trinajstić information content (AvgIpc) is 2.17. The number of nitrogens with one attached hydrogen (secondary N) is 1. The number of fused-ring (bicyclic) bond motifs is 1. The molecule has 0 spiro atoms. The Morgan fingerprint density at radius 1 is 1.40 bits per heavy atom. The Kier molecular flexibility index (Phi) is 2.33. The molecular weight excluding hydrogens is 240 g/mol. The van der Waals surface area contributed by atoms with Crippen molar-refractivity contribution in [2.45, 2.75) is 9.79 Å². The highest BCUT2D eigenvalue weighted by molar-refractivity contribution is 7.90. The molecule has 15 heavy (non-hydrogen) atoms. The zero-order valence-electron chi connectivity index (χ0n) is 7.25. The minimum absolute atomic E-state index is 0.0243. The molecule has 8 heteroatoms. The normalized spacial score (nSPS) is 19.0. The Hall–Kier alpha value is -1.25. The van der Waals surface area contributed by atoms with Crippen LogP contribution in [0.15, 0.2) is 32.4 Å². The van der Waals surface area contributed by atoms with E-state index in [4.69, 9.17) is 4.55 Å². The molecule has 1 aromatic rings. The maximum Gasteiger partial charge on any atom is 0.285 e. The fraction of sp³-hybridized carbons (Fsp3) is 0. The molecule has 0 radical (unpaired) electrons. The summed E-state index contributed by atoms with van der Waals surface area (Å²) in [5.74, 6) is 0. The molecular formula is C7H6N2O4S2. The van der Waals surface area contributed by atoms with E-state index in [0.29, 0.717) is 5.69 Å². The molecule has 1 aliphatic heterocycles. The van der Waals surface area contributed by atoms with E-state index in [0.717, 1.165) is 12.4 Å². The minimum Gasteiger partial charge on any atom is -0.345 e. The van der Waals surface area contributed by atoms with Crippen LogP contribution in [-0.2, 0) is 21.1 Å². The van der Waals surface area contributed by atoms with E-state index in [-0.39, 0.29) is 9.79 Å². The first-order valence-electron chi connectivity index (χ1n) is 3.81. The molecule has 80 valence electrons. The lowest BCUT2D eigenvalue weighted by Crippen LogP contribution is -2.11. The van der Waals surface area contributed by atoms with Gasteiger partial charge in [0.1, 0.15) is 11.2 Å². The maximum absolute atomic E-state index is 11.4. The van der Waals surface area contributed by atoms with Crippen LogP contribution in [0.4, 0.5) is 5.69 Å². The van der Waals surface area contributed by atoms with Crippen molar-refractivity contribution in [1.29, 1.82) is 0 Å². The number of hydrogen-bond acceptors (Lipinski definition) is 4. The second-order valence-corrected chi connectivity index (χ2v) is 5.33. The van der Waals surface area contributed by atoms with E-state index >= 15 is 0 Å². The van der Waals surface area contributed by atoms with Gasteiger partial charge in [-0.15, -0.1) is 4.40 Å². The number of benzene rings is 1. The van der Waals surface area contributed by atoms with Gasteiger partial charge < -0.3 is 9.87 Å². The number of nitrogens with zero attached hydrogens (tertiary/aromatic N) is 1. The third-order valence-corrected chi connectivity index (χ3v) is 3.78. The molecule has 1 aromatic carbocycles. The number of hydrogen-bond donors (Lipinski definition) is 2. The molecule has 1 unspecified atom stereocenters. The molecule has 0 amide bonds. The zero-order valence-corrected chi connectivity index (χ0v) is 8.88. The van der Waals surface area contributed by atoms with Crippen LogP contribution in [-0.4, -0.2) is 23.5 Å². The minimum atomic E-state index is -3.74. The number of sulfonamides is 1. The Morgan fingerprint density at radius 2 is 2.13 bits per heavy atom. The Bertz CT molecular complexity index is 564. The molecule has 0 saturated heterocycles. The smallest absolute Gasteiger partial charge is 0.285 e. The summed E-state index contributed by atoms with van der Waals surface area (Å²) >= 11 is -2.20. The summed E-state index contributed by atoms with van der Waals surface area (Å²) in [7, 11) is -3.74. The van der Waals surface area contributed by atoms with Crippen LogP contribution >= 0.6 is 0 Å². The third kappa shape index (κ3) is 1.78. The Labute approximate surface area is 88.4 Å². The highest BCUT2D eigenvalue weighted by Crippen LogP contribution is 2.27. The predicted molar refractivity (Wildman–Crippen MR) is 54.8 cm³/mol. The van der Waals surface area contributed by atoms with Gasteiger partial charge in [0, 0.05) is 0 Å². The predicted octanol–water partition coefficient (Wildman–Crippen LogP) is 0.410. The number of rotatable bonds is 1. The van der Waals surface area contributed by atoms with Crippen molar-refractivity contribution in [3.8, 4) is 0 Å². The van der Waals surface area contributed by atoms with Gasteiger partial charge in [-0.2, -0.15) is 8.42 Å². The second kappa shape index (κ2) is 3.40. The number of anilines is 1. The van der Waals surface area contributed by atoms with Crippen LogP contribution in [0.5, 0.6) is 0 Å². The van der Waals surface area contributed by atoms with E-state index in [1.165, 1.54) is 12.1 Å². The van der Waals surface area contributed by atoms with Crippen molar-refractivity contribution in [1.82, 2.24) is 0 Å². The Balaban J connectivity index is 2.68. The van der Waals surface area contributed by atoms with Crippen LogP contribution in [0.25, 0.3) is 0 Å². The zero-order chi connectivity index (χ0) is 11.1. The SMILES string of the molecule is O=S(O)c1ccc2c(c1)S(=O)(=O)N=CN2. The van der Waals surface area contributed by atoms with E-state index in [1.54, 1.807) is 0 Å². The van der Waals surface area contributed by atoms with E-state index < -0.39 is 21.1 Å². The van der Waals surface area contributed by atoms with Crippen molar-refractivity contribution in [2.24, 2.45) is 4.40 Å². The monoisotopic (exact) mass is 246 g/mol. The lowest BCUT2D eigenvalue weighted by atomic mass is 10.3. The summed E-state index contributed by atoms with van der Waals surface area (Å²) < 4.78 is 45.7. The highest BCUT2D eigenvalue weighted by atomic mass is 32.2. The van der Waals surface area contributed by atoms with Gasteiger partial charge in [-0.3, -0.25) is 0 Å². The van der Waals surface area contributed by atoms with Gasteiger partial charge in [0.15, 0.2) is 11.1 Å². The van der Waals surface area contributed by atoms with Gasteiger partial charge in [0.25, 0.3) is 10.0 Å². The van der Waals surface area contributed by atoms with Crippen molar-refractivity contribution in [3.63, 3.8) is 0 Å². The first kappa shape index (κ1) is 10.3. The van der Waals surface area contributed by atoms with Gasteiger partial charge in [-0.25, -0.2) is 4.21 Å². The van der Waals surface area contributed by atoms with Crippen molar-refractivity contribution in [2.75, 3.05) is 5.32 Å². The molecule has 1 heterocycles. The largest absolute Gasteiger partial charge is 0.345 e. The average molecular weight is 246 g/mol. The maximum atomic E-state index is 11.4. The molecule has 0 aliphatic carbocycles. The molecule has 6 nitrogen and oxygen atoms in total. The van der Waals surface area contributed by atoms with Gasteiger partial charge in [0.05, 0.1) is 10.6 Å². The van der Waals surface area contributed by atoms with Crippen molar-refractivity contribution < 1.29 is 17.2 Å². The molecule has 0 bridgehead atoms. The van der Waals surface area contributed by atoms with Crippen LogP contribution in [0.3, 0.4) is 0 Å². The van der Waals surface area contributed by atoms with Crippen LogP contribution < -0.4 is 5.32 Å².